The molecule has 1 atom stereocenters. The maximum Gasteiger partial charge on any atom is 0.128 e. The molecule has 0 spiro atoms. The van der Waals surface area contributed by atoms with Gasteiger partial charge in [0.25, 0.3) is 0 Å². The summed E-state index contributed by atoms with van der Waals surface area (Å²) in [6, 6.07) is 10.9. The number of nitrogens with one attached hydrogen (secondary N) is 1. The quantitative estimate of drug-likeness (QED) is 0.928. The molecule has 3 heterocycles. The van der Waals surface area contributed by atoms with E-state index in [9.17, 15) is 0 Å². The monoisotopic (exact) mass is 271 g/mol. The highest BCUT2D eigenvalue weighted by molar-refractivity contribution is 5.38. The first-order valence-electron chi connectivity index (χ1n) is 7.28. The Labute approximate surface area is 119 Å². The van der Waals surface area contributed by atoms with Crippen LogP contribution in [0.1, 0.15) is 31.6 Å². The Hall–Kier alpha value is -1.81. The van der Waals surface area contributed by atoms with E-state index in [1.165, 1.54) is 0 Å². The molecule has 4 heteroatoms. The van der Waals surface area contributed by atoms with Gasteiger partial charge in [-0.25, -0.2) is 4.98 Å². The van der Waals surface area contributed by atoms with Gasteiger partial charge in [0.2, 0.25) is 0 Å². The van der Waals surface area contributed by atoms with E-state index in [1.807, 2.05) is 30.5 Å². The standard InChI is InChI=1S/C16H21N3O/c1-13(15-5-4-12-20-15)18-14-7-10-19(11-8-14)16-6-2-3-9-17-16/h2-6,9,12-14,18H,7-8,10-11H2,1H3. The molecule has 1 saturated heterocycles. The van der Waals surface area contributed by atoms with Crippen LogP contribution in [0.25, 0.3) is 0 Å². The van der Waals surface area contributed by atoms with Crippen LogP contribution in [0.3, 0.4) is 0 Å². The second-order valence-corrected chi connectivity index (χ2v) is 5.35. The number of furan rings is 1. The van der Waals surface area contributed by atoms with E-state index in [2.05, 4.69) is 28.2 Å². The molecular weight excluding hydrogens is 250 g/mol. The van der Waals surface area contributed by atoms with Gasteiger partial charge in [0.05, 0.1) is 12.3 Å². The zero-order chi connectivity index (χ0) is 13.8. The van der Waals surface area contributed by atoms with Crippen molar-refractivity contribution in [2.24, 2.45) is 0 Å². The van der Waals surface area contributed by atoms with Crippen molar-refractivity contribution in [1.82, 2.24) is 10.3 Å². The predicted molar refractivity (Wildman–Crippen MR) is 79.7 cm³/mol. The maximum absolute atomic E-state index is 5.44. The first-order valence-corrected chi connectivity index (χ1v) is 7.28. The molecule has 0 bridgehead atoms. The lowest BCUT2D eigenvalue weighted by Crippen LogP contribution is -2.43. The minimum atomic E-state index is 0.274. The van der Waals surface area contributed by atoms with Crippen molar-refractivity contribution in [1.29, 1.82) is 0 Å². The van der Waals surface area contributed by atoms with Crippen LogP contribution in [0.15, 0.2) is 47.2 Å². The van der Waals surface area contributed by atoms with Crippen molar-refractivity contribution in [2.75, 3.05) is 18.0 Å². The summed E-state index contributed by atoms with van der Waals surface area (Å²) >= 11 is 0. The third-order valence-electron chi connectivity index (χ3n) is 3.92. The molecule has 4 nitrogen and oxygen atoms in total. The molecule has 0 radical (unpaired) electrons. The van der Waals surface area contributed by atoms with Crippen molar-refractivity contribution in [3.05, 3.63) is 48.6 Å². The van der Waals surface area contributed by atoms with Gasteiger partial charge in [0.1, 0.15) is 11.6 Å². The molecule has 1 aliphatic heterocycles. The van der Waals surface area contributed by atoms with Gasteiger partial charge in [-0.15, -0.1) is 0 Å². The molecule has 0 aromatic carbocycles. The average molecular weight is 271 g/mol. The Morgan fingerprint density at radius 1 is 1.25 bits per heavy atom. The number of nitrogens with zero attached hydrogens (tertiary/aromatic N) is 2. The fourth-order valence-electron chi connectivity index (χ4n) is 2.79. The van der Waals surface area contributed by atoms with Crippen molar-refractivity contribution in [3.63, 3.8) is 0 Å². The fraction of sp³-hybridized carbons (Fsp3) is 0.438. The van der Waals surface area contributed by atoms with E-state index in [4.69, 9.17) is 4.42 Å². The first kappa shape index (κ1) is 13.2. The summed E-state index contributed by atoms with van der Waals surface area (Å²) in [6.45, 7) is 4.27. The zero-order valence-electron chi connectivity index (χ0n) is 11.8. The van der Waals surface area contributed by atoms with Crippen molar-refractivity contribution in [3.8, 4) is 0 Å². The molecule has 106 valence electrons. The number of hydrogen-bond donors (Lipinski definition) is 1. The molecule has 20 heavy (non-hydrogen) atoms. The molecule has 1 unspecified atom stereocenters. The molecular formula is C16H21N3O. The van der Waals surface area contributed by atoms with Crippen molar-refractivity contribution >= 4 is 5.82 Å². The Morgan fingerprint density at radius 3 is 2.75 bits per heavy atom. The Morgan fingerprint density at radius 2 is 2.10 bits per heavy atom. The van der Waals surface area contributed by atoms with Gasteiger partial charge in [0, 0.05) is 25.3 Å². The van der Waals surface area contributed by atoms with E-state index in [1.54, 1.807) is 6.26 Å². The molecule has 1 N–H and O–H groups in total. The molecule has 0 aliphatic carbocycles. The summed E-state index contributed by atoms with van der Waals surface area (Å²) in [5, 5.41) is 3.65. The lowest BCUT2D eigenvalue weighted by molar-refractivity contribution is 0.346. The Balaban J connectivity index is 1.51. The Kier molecular flexibility index (Phi) is 4.02. The van der Waals surface area contributed by atoms with Crippen molar-refractivity contribution in [2.45, 2.75) is 31.8 Å². The van der Waals surface area contributed by atoms with Crippen LogP contribution in [-0.2, 0) is 0 Å². The van der Waals surface area contributed by atoms with Crippen LogP contribution < -0.4 is 10.2 Å². The van der Waals surface area contributed by atoms with Gasteiger partial charge in [-0.2, -0.15) is 0 Å². The third-order valence-corrected chi connectivity index (χ3v) is 3.92. The van der Waals surface area contributed by atoms with Gasteiger partial charge in [-0.1, -0.05) is 6.07 Å². The maximum atomic E-state index is 5.44. The Bertz CT molecular complexity index is 504. The average Bonchev–Trinajstić information content (AvgIpc) is 3.03. The molecule has 2 aromatic heterocycles. The second-order valence-electron chi connectivity index (χ2n) is 5.35. The topological polar surface area (TPSA) is 41.3 Å². The molecule has 2 aromatic rings. The van der Waals surface area contributed by atoms with E-state index in [0.717, 1.165) is 37.5 Å². The third kappa shape index (κ3) is 3.02. The number of piperidine rings is 1. The highest BCUT2D eigenvalue weighted by Crippen LogP contribution is 2.20. The van der Waals surface area contributed by atoms with E-state index >= 15 is 0 Å². The summed E-state index contributed by atoms with van der Waals surface area (Å²) in [4.78, 5) is 6.78. The largest absolute Gasteiger partial charge is 0.468 e. The SMILES string of the molecule is CC(NC1CCN(c2ccccn2)CC1)c1ccco1. The predicted octanol–water partition coefficient (Wildman–Crippen LogP) is 2.99. The van der Waals surface area contributed by atoms with Crippen LogP contribution >= 0.6 is 0 Å². The van der Waals surface area contributed by atoms with Crippen LogP contribution in [0.4, 0.5) is 5.82 Å². The lowest BCUT2D eigenvalue weighted by atomic mass is 10.0. The second kappa shape index (κ2) is 6.09. The summed E-state index contributed by atoms with van der Waals surface area (Å²) in [5.74, 6) is 2.10. The highest BCUT2D eigenvalue weighted by Gasteiger charge is 2.22. The normalized spacial score (nSPS) is 18.1. The molecule has 3 rings (SSSR count). The van der Waals surface area contributed by atoms with Crippen LogP contribution in [0.5, 0.6) is 0 Å². The molecule has 1 aliphatic rings. The summed E-state index contributed by atoms with van der Waals surface area (Å²) in [5.41, 5.74) is 0. The number of pyridine rings is 1. The van der Waals surface area contributed by atoms with E-state index in [-0.39, 0.29) is 6.04 Å². The van der Waals surface area contributed by atoms with Crippen LogP contribution in [0, 0.1) is 0 Å². The molecule has 1 fully saturated rings. The molecule has 0 saturated carbocycles. The van der Waals surface area contributed by atoms with Crippen LogP contribution in [-0.4, -0.2) is 24.1 Å². The minimum absolute atomic E-state index is 0.274. The summed E-state index contributed by atoms with van der Waals surface area (Å²) in [7, 11) is 0. The first-order chi connectivity index (χ1) is 9.83. The fourth-order valence-corrected chi connectivity index (χ4v) is 2.79. The van der Waals surface area contributed by atoms with Gasteiger partial charge in [-0.3, -0.25) is 0 Å². The number of rotatable bonds is 4. The van der Waals surface area contributed by atoms with E-state index < -0.39 is 0 Å². The van der Waals surface area contributed by atoms with E-state index in [0.29, 0.717) is 6.04 Å². The van der Waals surface area contributed by atoms with Gasteiger partial charge in [0.15, 0.2) is 0 Å². The van der Waals surface area contributed by atoms with Crippen LogP contribution in [0.2, 0.25) is 0 Å². The number of hydrogen-bond acceptors (Lipinski definition) is 4. The lowest BCUT2D eigenvalue weighted by Gasteiger charge is -2.34. The smallest absolute Gasteiger partial charge is 0.128 e. The van der Waals surface area contributed by atoms with Gasteiger partial charge >= 0.3 is 0 Å². The number of anilines is 1. The highest BCUT2D eigenvalue weighted by atomic mass is 16.3. The zero-order valence-corrected chi connectivity index (χ0v) is 11.8. The summed E-state index contributed by atoms with van der Waals surface area (Å²) < 4.78 is 5.44. The minimum Gasteiger partial charge on any atom is -0.468 e. The number of aromatic nitrogens is 1. The van der Waals surface area contributed by atoms with Crippen molar-refractivity contribution < 1.29 is 4.42 Å². The van der Waals surface area contributed by atoms with Gasteiger partial charge in [-0.05, 0) is 44.0 Å². The summed E-state index contributed by atoms with van der Waals surface area (Å²) in [6.07, 6.45) is 5.87. The van der Waals surface area contributed by atoms with Gasteiger partial charge < -0.3 is 14.6 Å². The molecule has 0 amide bonds.